The lowest BCUT2D eigenvalue weighted by molar-refractivity contribution is -0.136. The Hall–Kier alpha value is -4.66. The smallest absolute Gasteiger partial charge is 0.305 e. The van der Waals surface area contributed by atoms with Crippen molar-refractivity contribution in [1.29, 1.82) is 0 Å². The first kappa shape index (κ1) is 26.4. The number of carbonyl (C=O) groups excluding carboxylic acids is 1. The molecule has 9 heteroatoms. The van der Waals surface area contributed by atoms with Gasteiger partial charge in [0, 0.05) is 36.1 Å². The maximum absolute atomic E-state index is 14.8. The maximum atomic E-state index is 14.8. The second-order valence-corrected chi connectivity index (χ2v) is 8.51. The molecule has 1 heterocycles. The van der Waals surface area contributed by atoms with E-state index in [1.54, 1.807) is 48.5 Å². The summed E-state index contributed by atoms with van der Waals surface area (Å²) in [6.45, 7) is -0.345. The zero-order chi connectivity index (χ0) is 27.1. The molecule has 0 spiro atoms. The Bertz CT molecular complexity index is 1440. The average Bonchev–Trinajstić information content (AvgIpc) is 2.92. The number of pyridine rings is 1. The molecule has 3 aromatic carbocycles. The molecule has 4 rings (SSSR count). The van der Waals surface area contributed by atoms with Crippen LogP contribution in [0.2, 0.25) is 0 Å². The number of carboxylic acid groups (broad SMARTS) is 1. The van der Waals surface area contributed by atoms with Crippen molar-refractivity contribution in [2.75, 3.05) is 11.9 Å². The Morgan fingerprint density at radius 2 is 1.63 bits per heavy atom. The highest BCUT2D eigenvalue weighted by Crippen LogP contribution is 2.28. The molecule has 0 fully saturated rings. The minimum absolute atomic E-state index is 0.0235. The van der Waals surface area contributed by atoms with Crippen molar-refractivity contribution in [1.82, 2.24) is 10.3 Å². The molecule has 0 unspecified atom stereocenters. The highest BCUT2D eigenvalue weighted by Gasteiger charge is 2.12. The number of alkyl halides is 1. The zero-order valence-electron chi connectivity index (χ0n) is 20.2. The molecule has 0 aliphatic rings. The van der Waals surface area contributed by atoms with Crippen LogP contribution >= 0.6 is 0 Å². The number of hydrogen-bond donors (Lipinski definition) is 3. The first-order valence-corrected chi connectivity index (χ1v) is 11.8. The lowest BCUT2D eigenvalue weighted by Gasteiger charge is -2.13. The molecule has 1 amide bonds. The summed E-state index contributed by atoms with van der Waals surface area (Å²) >= 11 is 0. The van der Waals surface area contributed by atoms with Crippen LogP contribution in [-0.2, 0) is 18.0 Å². The summed E-state index contributed by atoms with van der Waals surface area (Å²) in [5.74, 6) is -2.43. The van der Waals surface area contributed by atoms with Crippen LogP contribution in [0, 0.1) is 11.6 Å². The summed E-state index contributed by atoms with van der Waals surface area (Å²) in [6.07, 6.45) is 1.23. The molecule has 0 aliphatic heterocycles. The number of aromatic nitrogens is 1. The van der Waals surface area contributed by atoms with Gasteiger partial charge in [0.05, 0.1) is 6.42 Å². The van der Waals surface area contributed by atoms with Crippen LogP contribution in [0.15, 0.2) is 79.0 Å². The van der Waals surface area contributed by atoms with Gasteiger partial charge in [-0.25, -0.2) is 13.2 Å². The fourth-order valence-corrected chi connectivity index (χ4v) is 3.86. The minimum atomic E-state index is -1.02. The molecule has 0 bridgehead atoms. The number of nitrogens with zero attached hydrogens (tertiary/aromatic N) is 1. The van der Waals surface area contributed by atoms with Crippen molar-refractivity contribution in [3.63, 3.8) is 0 Å². The third-order valence-corrected chi connectivity index (χ3v) is 5.87. The number of anilines is 1. The van der Waals surface area contributed by atoms with E-state index in [0.29, 0.717) is 33.5 Å². The van der Waals surface area contributed by atoms with E-state index in [2.05, 4.69) is 15.6 Å². The highest BCUT2D eigenvalue weighted by molar-refractivity contribution is 5.92. The maximum Gasteiger partial charge on any atom is 0.305 e. The Morgan fingerprint density at radius 3 is 2.29 bits per heavy atom. The Labute approximate surface area is 217 Å². The fraction of sp³-hybridized carbons (Fsp3) is 0.138. The summed E-state index contributed by atoms with van der Waals surface area (Å²) in [4.78, 5) is 26.9. The SMILES string of the molecule is O=C(O)CCNC(=O)c1ccc(-c2cc(F)ccc2CNc2ccc(-c3ccc(CF)cc3)c(F)c2)cn1. The van der Waals surface area contributed by atoms with Crippen molar-refractivity contribution in [2.24, 2.45) is 0 Å². The number of amides is 1. The molecular weight excluding hydrogens is 495 g/mol. The predicted octanol–water partition coefficient (Wildman–Crippen LogP) is 5.98. The van der Waals surface area contributed by atoms with Crippen molar-refractivity contribution in [2.45, 2.75) is 19.6 Å². The molecule has 0 atom stereocenters. The highest BCUT2D eigenvalue weighted by atomic mass is 19.1. The van der Waals surface area contributed by atoms with Gasteiger partial charge in [-0.2, -0.15) is 0 Å². The van der Waals surface area contributed by atoms with Crippen LogP contribution in [0.25, 0.3) is 22.3 Å². The van der Waals surface area contributed by atoms with E-state index in [0.717, 1.165) is 5.56 Å². The van der Waals surface area contributed by atoms with Gasteiger partial charge in [0.2, 0.25) is 0 Å². The molecule has 0 aliphatic carbocycles. The predicted molar refractivity (Wildman–Crippen MR) is 138 cm³/mol. The quantitative estimate of drug-likeness (QED) is 0.240. The van der Waals surface area contributed by atoms with Crippen molar-refractivity contribution < 1.29 is 27.9 Å². The standard InChI is InChI=1S/C29H24F3N3O3/c30-15-18-1-3-19(4-2-18)24-9-8-23(14-26(24)32)34-16-20-5-7-22(31)13-25(20)21-6-10-27(35-17-21)29(38)33-12-11-28(36)37/h1-10,13-14,17,34H,11-12,15-16H2,(H,33,38)(H,36,37). The number of aliphatic carboxylic acids is 1. The first-order valence-electron chi connectivity index (χ1n) is 11.8. The molecule has 4 aromatic rings. The number of carboxylic acids is 1. The van der Waals surface area contributed by atoms with Gasteiger partial charge in [-0.15, -0.1) is 0 Å². The Morgan fingerprint density at radius 1 is 0.868 bits per heavy atom. The lowest BCUT2D eigenvalue weighted by Crippen LogP contribution is -2.26. The van der Waals surface area contributed by atoms with E-state index < -0.39 is 30.2 Å². The fourth-order valence-electron chi connectivity index (χ4n) is 3.86. The summed E-state index contributed by atoms with van der Waals surface area (Å²) in [5, 5.41) is 14.3. The van der Waals surface area contributed by atoms with E-state index >= 15 is 0 Å². The molecular formula is C29H24F3N3O3. The first-order chi connectivity index (χ1) is 18.3. The number of benzene rings is 3. The van der Waals surface area contributed by atoms with Gasteiger partial charge in [-0.3, -0.25) is 14.6 Å². The van der Waals surface area contributed by atoms with E-state index in [9.17, 15) is 22.8 Å². The van der Waals surface area contributed by atoms with E-state index in [1.165, 1.54) is 30.5 Å². The van der Waals surface area contributed by atoms with Gasteiger partial charge < -0.3 is 15.7 Å². The number of halogens is 3. The van der Waals surface area contributed by atoms with Crippen LogP contribution in [0.4, 0.5) is 18.9 Å². The van der Waals surface area contributed by atoms with E-state index in [1.807, 2.05) is 0 Å². The molecule has 38 heavy (non-hydrogen) atoms. The van der Waals surface area contributed by atoms with Crippen LogP contribution in [-0.4, -0.2) is 28.5 Å². The van der Waals surface area contributed by atoms with Crippen molar-refractivity contribution in [3.05, 3.63) is 107 Å². The molecule has 3 N–H and O–H groups in total. The summed E-state index contributed by atoms with van der Waals surface area (Å²) in [7, 11) is 0. The van der Waals surface area contributed by atoms with Crippen LogP contribution < -0.4 is 10.6 Å². The van der Waals surface area contributed by atoms with Gasteiger partial charge in [-0.05, 0) is 58.7 Å². The third kappa shape index (κ3) is 6.56. The van der Waals surface area contributed by atoms with Gasteiger partial charge in [0.1, 0.15) is 24.0 Å². The molecule has 1 aromatic heterocycles. The van der Waals surface area contributed by atoms with Gasteiger partial charge >= 0.3 is 5.97 Å². The molecule has 0 saturated carbocycles. The van der Waals surface area contributed by atoms with Gasteiger partial charge in [0.15, 0.2) is 0 Å². The average molecular weight is 520 g/mol. The lowest BCUT2D eigenvalue weighted by atomic mass is 10.00. The van der Waals surface area contributed by atoms with Crippen LogP contribution in [0.1, 0.15) is 28.0 Å². The molecule has 194 valence electrons. The molecule has 0 saturated heterocycles. The number of rotatable bonds is 10. The number of carbonyl (C=O) groups is 2. The van der Waals surface area contributed by atoms with Gasteiger partial charge in [-0.1, -0.05) is 36.4 Å². The van der Waals surface area contributed by atoms with E-state index in [-0.39, 0.29) is 25.2 Å². The van der Waals surface area contributed by atoms with Crippen molar-refractivity contribution in [3.8, 4) is 22.3 Å². The van der Waals surface area contributed by atoms with Crippen molar-refractivity contribution >= 4 is 17.6 Å². The second-order valence-electron chi connectivity index (χ2n) is 8.51. The van der Waals surface area contributed by atoms with Crippen LogP contribution in [0.3, 0.4) is 0 Å². The largest absolute Gasteiger partial charge is 0.481 e. The third-order valence-electron chi connectivity index (χ3n) is 5.87. The monoisotopic (exact) mass is 519 g/mol. The normalized spacial score (nSPS) is 10.7. The van der Waals surface area contributed by atoms with Gasteiger partial charge in [0.25, 0.3) is 5.91 Å². The summed E-state index contributed by atoms with van der Waals surface area (Å²) in [6, 6.07) is 18.7. The summed E-state index contributed by atoms with van der Waals surface area (Å²) < 4.78 is 41.7. The zero-order valence-corrected chi connectivity index (χ0v) is 20.2. The topological polar surface area (TPSA) is 91.3 Å². The van der Waals surface area contributed by atoms with E-state index in [4.69, 9.17) is 5.11 Å². The number of hydrogen-bond acceptors (Lipinski definition) is 4. The minimum Gasteiger partial charge on any atom is -0.481 e. The second kappa shape index (κ2) is 12.1. The summed E-state index contributed by atoms with van der Waals surface area (Å²) in [5.41, 5.74) is 4.01. The van der Waals surface area contributed by atoms with Crippen LogP contribution in [0.5, 0.6) is 0 Å². The Balaban J connectivity index is 1.47. The number of nitrogens with one attached hydrogen (secondary N) is 2. The Kier molecular flexibility index (Phi) is 8.37. The molecule has 6 nitrogen and oxygen atoms in total. The molecule has 0 radical (unpaired) electrons.